The predicted molar refractivity (Wildman–Crippen MR) is 86.3 cm³/mol. The largest absolute Gasteiger partial charge is 0.380 e. The SMILES string of the molecule is N/N=C(\N)c1cc(-c2ccc(SC3CC3)c(Cl)c2)ncn1. The molecule has 2 aromatic rings. The first-order valence-corrected chi connectivity index (χ1v) is 7.75. The summed E-state index contributed by atoms with van der Waals surface area (Å²) in [7, 11) is 0. The highest BCUT2D eigenvalue weighted by atomic mass is 35.5. The van der Waals surface area contributed by atoms with Crippen LogP contribution in [-0.4, -0.2) is 21.1 Å². The van der Waals surface area contributed by atoms with Gasteiger partial charge in [-0.25, -0.2) is 9.97 Å². The van der Waals surface area contributed by atoms with Gasteiger partial charge in [-0.3, -0.25) is 0 Å². The molecule has 0 unspecified atom stereocenters. The predicted octanol–water partition coefficient (Wildman–Crippen LogP) is 2.63. The minimum Gasteiger partial charge on any atom is -0.380 e. The number of rotatable bonds is 4. The molecule has 21 heavy (non-hydrogen) atoms. The molecule has 4 N–H and O–H groups in total. The molecule has 7 heteroatoms. The average Bonchev–Trinajstić information content (AvgIpc) is 3.32. The van der Waals surface area contributed by atoms with E-state index in [1.165, 1.54) is 19.2 Å². The lowest BCUT2D eigenvalue weighted by atomic mass is 10.1. The van der Waals surface area contributed by atoms with Gasteiger partial charge in [-0.1, -0.05) is 17.7 Å². The second kappa shape index (κ2) is 5.91. The van der Waals surface area contributed by atoms with E-state index in [4.69, 9.17) is 23.2 Å². The molecule has 0 radical (unpaired) electrons. The summed E-state index contributed by atoms with van der Waals surface area (Å²) in [6, 6.07) is 7.68. The molecule has 1 aromatic heterocycles. The minimum absolute atomic E-state index is 0.172. The summed E-state index contributed by atoms with van der Waals surface area (Å²) >= 11 is 8.18. The summed E-state index contributed by atoms with van der Waals surface area (Å²) in [5, 5.41) is 4.90. The van der Waals surface area contributed by atoms with Crippen molar-refractivity contribution in [3.05, 3.63) is 41.3 Å². The van der Waals surface area contributed by atoms with Gasteiger partial charge in [-0.05, 0) is 31.0 Å². The number of hydrogen-bond acceptors (Lipinski definition) is 5. The van der Waals surface area contributed by atoms with Crippen LogP contribution in [0.4, 0.5) is 0 Å². The molecule has 1 aliphatic rings. The number of aromatic nitrogens is 2. The van der Waals surface area contributed by atoms with Crippen molar-refractivity contribution in [3.8, 4) is 11.3 Å². The van der Waals surface area contributed by atoms with E-state index in [1.54, 1.807) is 6.07 Å². The molecule has 0 bridgehead atoms. The Bertz CT molecular complexity index is 700. The maximum absolute atomic E-state index is 6.35. The van der Waals surface area contributed by atoms with E-state index in [0.29, 0.717) is 5.69 Å². The summed E-state index contributed by atoms with van der Waals surface area (Å²) in [6.45, 7) is 0. The maximum Gasteiger partial charge on any atom is 0.169 e. The van der Waals surface area contributed by atoms with Crippen molar-refractivity contribution in [2.45, 2.75) is 23.0 Å². The molecule has 0 spiro atoms. The van der Waals surface area contributed by atoms with E-state index in [0.717, 1.165) is 26.4 Å². The maximum atomic E-state index is 6.35. The monoisotopic (exact) mass is 319 g/mol. The summed E-state index contributed by atoms with van der Waals surface area (Å²) in [6.07, 6.45) is 3.98. The first kappa shape index (κ1) is 14.2. The fourth-order valence-electron chi connectivity index (χ4n) is 1.84. The Morgan fingerprint density at radius 3 is 2.76 bits per heavy atom. The third-order valence-corrected chi connectivity index (χ3v) is 4.95. The van der Waals surface area contributed by atoms with Crippen molar-refractivity contribution in [2.75, 3.05) is 0 Å². The summed E-state index contributed by atoms with van der Waals surface area (Å²) in [5.41, 5.74) is 7.80. The fourth-order valence-corrected chi connectivity index (χ4v) is 3.21. The number of halogens is 1. The van der Waals surface area contributed by atoms with E-state index in [9.17, 15) is 0 Å². The lowest BCUT2D eigenvalue weighted by molar-refractivity contribution is 1.13. The van der Waals surface area contributed by atoms with E-state index < -0.39 is 0 Å². The van der Waals surface area contributed by atoms with Crippen LogP contribution in [0, 0.1) is 0 Å². The van der Waals surface area contributed by atoms with Crippen LogP contribution in [-0.2, 0) is 0 Å². The Balaban J connectivity index is 1.91. The molecule has 108 valence electrons. The Morgan fingerprint density at radius 1 is 1.29 bits per heavy atom. The van der Waals surface area contributed by atoms with Crippen LogP contribution in [0.2, 0.25) is 5.02 Å². The molecule has 0 saturated heterocycles. The molecule has 1 fully saturated rings. The molecule has 1 aromatic carbocycles. The molecular formula is C14H14ClN5S. The Kier molecular flexibility index (Phi) is 3.98. The van der Waals surface area contributed by atoms with Crippen LogP contribution in [0.1, 0.15) is 18.5 Å². The Hall–Kier alpha value is -1.79. The van der Waals surface area contributed by atoms with Crippen molar-refractivity contribution in [1.82, 2.24) is 9.97 Å². The Labute approximate surface area is 131 Å². The van der Waals surface area contributed by atoms with Gasteiger partial charge in [-0.2, -0.15) is 5.10 Å². The highest BCUT2D eigenvalue weighted by Gasteiger charge is 2.23. The van der Waals surface area contributed by atoms with E-state index >= 15 is 0 Å². The van der Waals surface area contributed by atoms with Crippen molar-refractivity contribution in [2.24, 2.45) is 16.7 Å². The zero-order valence-corrected chi connectivity index (χ0v) is 12.7. The topological polar surface area (TPSA) is 90.2 Å². The zero-order chi connectivity index (χ0) is 14.8. The normalized spacial score (nSPS) is 15.2. The van der Waals surface area contributed by atoms with Crippen LogP contribution in [0.3, 0.4) is 0 Å². The molecule has 3 rings (SSSR count). The Morgan fingerprint density at radius 2 is 2.10 bits per heavy atom. The lowest BCUT2D eigenvalue weighted by Crippen LogP contribution is -2.17. The standard InChI is InChI=1S/C14H14ClN5S/c15-10-5-8(1-4-13(10)21-9-2-3-9)11-6-12(14(16)20-17)19-7-18-11/h1,4-7,9H,2-3,17H2,(H2,16,20). The van der Waals surface area contributed by atoms with Gasteiger partial charge in [0.2, 0.25) is 0 Å². The van der Waals surface area contributed by atoms with Crippen molar-refractivity contribution in [3.63, 3.8) is 0 Å². The van der Waals surface area contributed by atoms with E-state index in [1.807, 2.05) is 30.0 Å². The number of nitrogens with zero attached hydrogens (tertiary/aromatic N) is 3. The first-order valence-electron chi connectivity index (χ1n) is 6.49. The molecule has 5 nitrogen and oxygen atoms in total. The van der Waals surface area contributed by atoms with Gasteiger partial charge < -0.3 is 11.6 Å². The highest BCUT2D eigenvalue weighted by molar-refractivity contribution is 8.00. The molecule has 0 aliphatic heterocycles. The zero-order valence-electron chi connectivity index (χ0n) is 11.2. The summed E-state index contributed by atoms with van der Waals surface area (Å²) in [4.78, 5) is 9.39. The lowest BCUT2D eigenvalue weighted by Gasteiger charge is -2.07. The van der Waals surface area contributed by atoms with Crippen LogP contribution < -0.4 is 11.6 Å². The van der Waals surface area contributed by atoms with Crippen LogP contribution in [0.25, 0.3) is 11.3 Å². The average molecular weight is 320 g/mol. The number of benzene rings is 1. The van der Waals surface area contributed by atoms with Gasteiger partial charge in [0, 0.05) is 15.7 Å². The molecular weight excluding hydrogens is 306 g/mol. The van der Waals surface area contributed by atoms with Crippen LogP contribution in [0.5, 0.6) is 0 Å². The van der Waals surface area contributed by atoms with Gasteiger partial charge in [0.1, 0.15) is 12.0 Å². The van der Waals surface area contributed by atoms with Crippen LogP contribution >= 0.6 is 23.4 Å². The molecule has 1 aliphatic carbocycles. The van der Waals surface area contributed by atoms with Crippen LogP contribution in [0.15, 0.2) is 40.6 Å². The van der Waals surface area contributed by atoms with E-state index in [2.05, 4.69) is 15.1 Å². The molecule has 0 atom stereocenters. The highest BCUT2D eigenvalue weighted by Crippen LogP contribution is 2.42. The van der Waals surface area contributed by atoms with Crippen molar-refractivity contribution >= 4 is 29.2 Å². The van der Waals surface area contributed by atoms with Crippen molar-refractivity contribution in [1.29, 1.82) is 0 Å². The summed E-state index contributed by atoms with van der Waals surface area (Å²) in [5.74, 6) is 5.34. The smallest absolute Gasteiger partial charge is 0.169 e. The number of hydrazone groups is 1. The number of amidine groups is 1. The quantitative estimate of drug-likeness (QED) is 0.391. The molecule has 1 saturated carbocycles. The van der Waals surface area contributed by atoms with Gasteiger partial charge >= 0.3 is 0 Å². The fraction of sp³-hybridized carbons (Fsp3) is 0.214. The third kappa shape index (κ3) is 3.28. The van der Waals surface area contributed by atoms with Gasteiger partial charge in [-0.15, -0.1) is 11.8 Å². The third-order valence-electron chi connectivity index (χ3n) is 3.11. The number of nitrogens with two attached hydrogens (primary N) is 2. The van der Waals surface area contributed by atoms with Gasteiger partial charge in [0.25, 0.3) is 0 Å². The molecule has 0 amide bonds. The van der Waals surface area contributed by atoms with Gasteiger partial charge in [0.05, 0.1) is 10.7 Å². The number of hydrogen-bond donors (Lipinski definition) is 2. The number of thioether (sulfide) groups is 1. The van der Waals surface area contributed by atoms with Crippen molar-refractivity contribution < 1.29 is 0 Å². The van der Waals surface area contributed by atoms with Gasteiger partial charge in [0.15, 0.2) is 5.84 Å². The first-order chi connectivity index (χ1) is 10.2. The van der Waals surface area contributed by atoms with E-state index in [-0.39, 0.29) is 5.84 Å². The minimum atomic E-state index is 0.172. The second-order valence-corrected chi connectivity index (χ2v) is 6.51. The molecule has 1 heterocycles. The summed E-state index contributed by atoms with van der Waals surface area (Å²) < 4.78 is 0. The second-order valence-electron chi connectivity index (χ2n) is 4.77.